The molecule has 0 radical (unpaired) electrons. The molecule has 128 valence electrons. The van der Waals surface area contributed by atoms with E-state index in [1.807, 2.05) is 11.6 Å². The number of amides is 2. The predicted molar refractivity (Wildman–Crippen MR) is 85.3 cm³/mol. The second kappa shape index (κ2) is 8.52. The van der Waals surface area contributed by atoms with E-state index in [9.17, 15) is 18.0 Å². The summed E-state index contributed by atoms with van der Waals surface area (Å²) in [5, 5.41) is 2.47. The SMILES string of the molecule is CCCCNC(=O)NS(=O)(=O)c1ccc(C(C)OC(C)=O)cc1. The molecule has 0 saturated carbocycles. The summed E-state index contributed by atoms with van der Waals surface area (Å²) in [6, 6.07) is 5.04. The number of sulfonamides is 1. The van der Waals surface area contributed by atoms with Crippen LogP contribution in [0, 0.1) is 0 Å². The lowest BCUT2D eigenvalue weighted by Crippen LogP contribution is -2.39. The molecule has 0 heterocycles. The average Bonchev–Trinajstić information content (AvgIpc) is 2.46. The molecule has 1 aromatic rings. The molecular formula is C15H22N2O5S. The lowest BCUT2D eigenvalue weighted by molar-refractivity contribution is -0.145. The maximum absolute atomic E-state index is 12.1. The quantitative estimate of drug-likeness (QED) is 0.583. The minimum absolute atomic E-state index is 0.0399. The first kappa shape index (κ1) is 19.0. The molecule has 1 aromatic carbocycles. The molecular weight excluding hydrogens is 320 g/mol. The van der Waals surface area contributed by atoms with Crippen molar-refractivity contribution in [1.29, 1.82) is 0 Å². The van der Waals surface area contributed by atoms with Gasteiger partial charge in [-0.05, 0) is 31.0 Å². The van der Waals surface area contributed by atoms with Crippen LogP contribution >= 0.6 is 0 Å². The Kier molecular flexibility index (Phi) is 7.02. The normalized spacial score (nSPS) is 12.3. The lowest BCUT2D eigenvalue weighted by atomic mass is 10.1. The van der Waals surface area contributed by atoms with E-state index in [1.54, 1.807) is 6.92 Å². The Hall–Kier alpha value is -2.09. The maximum atomic E-state index is 12.1. The molecule has 0 aliphatic rings. The minimum Gasteiger partial charge on any atom is -0.458 e. The summed E-state index contributed by atoms with van der Waals surface area (Å²) in [6.45, 7) is 5.37. The fraction of sp³-hybridized carbons (Fsp3) is 0.467. The van der Waals surface area contributed by atoms with Crippen LogP contribution in [-0.2, 0) is 19.6 Å². The number of hydrogen-bond donors (Lipinski definition) is 2. The molecule has 0 spiro atoms. The maximum Gasteiger partial charge on any atom is 0.328 e. The fourth-order valence-electron chi connectivity index (χ4n) is 1.83. The Morgan fingerprint density at radius 2 is 1.83 bits per heavy atom. The van der Waals surface area contributed by atoms with Crippen molar-refractivity contribution in [1.82, 2.24) is 10.0 Å². The van der Waals surface area contributed by atoms with Crippen LogP contribution in [0.15, 0.2) is 29.2 Å². The number of carbonyl (C=O) groups excluding carboxylic acids is 2. The molecule has 0 fully saturated rings. The zero-order chi connectivity index (χ0) is 17.5. The van der Waals surface area contributed by atoms with Gasteiger partial charge in [0.15, 0.2) is 0 Å². The van der Waals surface area contributed by atoms with Gasteiger partial charge in [-0.25, -0.2) is 17.9 Å². The molecule has 7 nitrogen and oxygen atoms in total. The number of nitrogens with one attached hydrogen (secondary N) is 2. The third kappa shape index (κ3) is 6.27. The number of esters is 1. The van der Waals surface area contributed by atoms with Crippen LogP contribution in [0.4, 0.5) is 4.79 Å². The number of hydrogen-bond acceptors (Lipinski definition) is 5. The smallest absolute Gasteiger partial charge is 0.328 e. The standard InChI is InChI=1S/C15H22N2O5S/c1-4-5-10-16-15(19)17-23(20,21)14-8-6-13(7-9-14)11(2)22-12(3)18/h6-9,11H,4-5,10H2,1-3H3,(H2,16,17,19). The Balaban J connectivity index is 2.73. The van der Waals surface area contributed by atoms with Gasteiger partial charge in [-0.3, -0.25) is 4.79 Å². The average molecular weight is 342 g/mol. The van der Waals surface area contributed by atoms with E-state index in [1.165, 1.54) is 31.2 Å². The predicted octanol–water partition coefficient (Wildman–Crippen LogP) is 2.10. The van der Waals surface area contributed by atoms with E-state index < -0.39 is 28.1 Å². The van der Waals surface area contributed by atoms with E-state index >= 15 is 0 Å². The first-order valence-corrected chi connectivity index (χ1v) is 8.82. The molecule has 1 unspecified atom stereocenters. The third-order valence-electron chi connectivity index (χ3n) is 3.05. The fourth-order valence-corrected chi connectivity index (χ4v) is 2.76. The monoisotopic (exact) mass is 342 g/mol. The molecule has 0 saturated heterocycles. The summed E-state index contributed by atoms with van der Waals surface area (Å²) < 4.78 is 31.1. The van der Waals surface area contributed by atoms with E-state index in [2.05, 4.69) is 5.32 Å². The van der Waals surface area contributed by atoms with Gasteiger partial charge >= 0.3 is 12.0 Å². The van der Waals surface area contributed by atoms with Crippen molar-refractivity contribution < 1.29 is 22.7 Å². The number of unbranched alkanes of at least 4 members (excludes halogenated alkanes) is 1. The largest absolute Gasteiger partial charge is 0.458 e. The summed E-state index contributed by atoms with van der Waals surface area (Å²) in [7, 11) is -3.93. The molecule has 23 heavy (non-hydrogen) atoms. The van der Waals surface area contributed by atoms with Crippen LogP contribution in [0.25, 0.3) is 0 Å². The molecule has 0 aromatic heterocycles. The zero-order valence-corrected chi connectivity index (χ0v) is 14.3. The number of rotatable bonds is 7. The van der Waals surface area contributed by atoms with Crippen molar-refractivity contribution in [3.05, 3.63) is 29.8 Å². The van der Waals surface area contributed by atoms with Crippen LogP contribution in [0.1, 0.15) is 45.3 Å². The highest BCUT2D eigenvalue weighted by Crippen LogP contribution is 2.19. The highest BCUT2D eigenvalue weighted by Gasteiger charge is 2.18. The first-order chi connectivity index (χ1) is 10.8. The number of benzene rings is 1. The molecule has 2 amide bonds. The third-order valence-corrected chi connectivity index (χ3v) is 4.39. The summed E-state index contributed by atoms with van der Waals surface area (Å²) in [5.74, 6) is -0.417. The van der Waals surface area contributed by atoms with Crippen molar-refractivity contribution in [2.75, 3.05) is 6.54 Å². The van der Waals surface area contributed by atoms with Gasteiger partial charge in [-0.2, -0.15) is 0 Å². The van der Waals surface area contributed by atoms with E-state index in [4.69, 9.17) is 4.74 Å². The molecule has 2 N–H and O–H groups in total. The number of urea groups is 1. The molecule has 1 atom stereocenters. The van der Waals surface area contributed by atoms with E-state index in [0.29, 0.717) is 12.1 Å². The van der Waals surface area contributed by atoms with E-state index in [0.717, 1.165) is 12.8 Å². The van der Waals surface area contributed by atoms with Crippen LogP contribution in [-0.4, -0.2) is 27.0 Å². The highest BCUT2D eigenvalue weighted by atomic mass is 32.2. The van der Waals surface area contributed by atoms with Crippen molar-refractivity contribution in [2.24, 2.45) is 0 Å². The summed E-state index contributed by atoms with van der Waals surface area (Å²) in [5.41, 5.74) is 0.659. The van der Waals surface area contributed by atoms with Crippen molar-refractivity contribution >= 4 is 22.0 Å². The van der Waals surface area contributed by atoms with Gasteiger partial charge in [0, 0.05) is 13.5 Å². The van der Waals surface area contributed by atoms with Crippen molar-refractivity contribution in [2.45, 2.75) is 44.6 Å². The number of ether oxygens (including phenoxy) is 1. The highest BCUT2D eigenvalue weighted by molar-refractivity contribution is 7.90. The number of carbonyl (C=O) groups is 2. The van der Waals surface area contributed by atoms with Gasteiger partial charge in [-0.15, -0.1) is 0 Å². The van der Waals surface area contributed by atoms with Gasteiger partial charge < -0.3 is 10.1 Å². The zero-order valence-electron chi connectivity index (χ0n) is 13.5. The summed E-state index contributed by atoms with van der Waals surface area (Å²) in [4.78, 5) is 22.4. The van der Waals surface area contributed by atoms with Crippen LogP contribution < -0.4 is 10.0 Å². The van der Waals surface area contributed by atoms with Crippen molar-refractivity contribution in [3.63, 3.8) is 0 Å². The van der Waals surface area contributed by atoms with Crippen LogP contribution in [0.5, 0.6) is 0 Å². The molecule has 8 heteroatoms. The van der Waals surface area contributed by atoms with Crippen molar-refractivity contribution in [3.8, 4) is 0 Å². The van der Waals surface area contributed by atoms with Gasteiger partial charge in [0.25, 0.3) is 10.0 Å². The van der Waals surface area contributed by atoms with Crippen LogP contribution in [0.2, 0.25) is 0 Å². The van der Waals surface area contributed by atoms with Gasteiger partial charge in [0.2, 0.25) is 0 Å². The van der Waals surface area contributed by atoms with Gasteiger partial charge in [0.05, 0.1) is 4.90 Å². The van der Waals surface area contributed by atoms with Gasteiger partial charge in [-0.1, -0.05) is 25.5 Å². The van der Waals surface area contributed by atoms with Crippen LogP contribution in [0.3, 0.4) is 0 Å². The molecule has 1 rings (SSSR count). The molecule has 0 aliphatic heterocycles. The summed E-state index contributed by atoms with van der Waals surface area (Å²) >= 11 is 0. The second-order valence-electron chi connectivity index (χ2n) is 5.04. The summed E-state index contributed by atoms with van der Waals surface area (Å²) in [6.07, 6.45) is 1.19. The van der Waals surface area contributed by atoms with Gasteiger partial charge in [0.1, 0.15) is 6.10 Å². The second-order valence-corrected chi connectivity index (χ2v) is 6.72. The molecule has 0 bridgehead atoms. The Bertz CT molecular complexity index is 640. The minimum atomic E-state index is -3.93. The lowest BCUT2D eigenvalue weighted by Gasteiger charge is -2.13. The Morgan fingerprint density at radius 3 is 2.35 bits per heavy atom. The Labute approximate surface area is 136 Å². The first-order valence-electron chi connectivity index (χ1n) is 7.34. The topological polar surface area (TPSA) is 102 Å². The van der Waals surface area contributed by atoms with E-state index in [-0.39, 0.29) is 4.90 Å². The Morgan fingerprint density at radius 1 is 1.22 bits per heavy atom. The molecule has 0 aliphatic carbocycles.